The van der Waals surface area contributed by atoms with Crippen molar-refractivity contribution in [2.75, 3.05) is 0 Å². The Bertz CT molecular complexity index is 526. The largest absolute Gasteiger partial charge is 0.481 e. The van der Waals surface area contributed by atoms with Gasteiger partial charge in [-0.05, 0) is 50.4 Å². The lowest BCUT2D eigenvalue weighted by molar-refractivity contribution is -0.161. The molecular weight excluding hydrogens is 312 g/mol. The van der Waals surface area contributed by atoms with E-state index in [4.69, 9.17) is 9.47 Å². The van der Waals surface area contributed by atoms with Gasteiger partial charge in [0.2, 0.25) is 0 Å². The molecule has 2 saturated carbocycles. The van der Waals surface area contributed by atoms with E-state index in [1.807, 2.05) is 13.8 Å². The molecule has 2 aliphatic heterocycles. The van der Waals surface area contributed by atoms with Gasteiger partial charge in [-0.3, -0.25) is 9.59 Å². The van der Waals surface area contributed by atoms with Crippen LogP contribution in [-0.4, -0.2) is 46.6 Å². The summed E-state index contributed by atoms with van der Waals surface area (Å²) in [5, 5.41) is 19.9. The lowest BCUT2D eigenvalue weighted by atomic mass is 9.59. The van der Waals surface area contributed by atoms with Crippen LogP contribution in [0.4, 0.5) is 0 Å². The molecule has 0 aromatic heterocycles. The number of hydrogen-bond acceptors (Lipinski definition) is 4. The highest BCUT2D eigenvalue weighted by atomic mass is 16.6. The van der Waals surface area contributed by atoms with E-state index in [0.29, 0.717) is 25.7 Å². The molecule has 2 heterocycles. The molecule has 2 N–H and O–H groups in total. The van der Waals surface area contributed by atoms with E-state index in [-0.39, 0.29) is 36.3 Å². The highest BCUT2D eigenvalue weighted by Crippen LogP contribution is 2.57. The van der Waals surface area contributed by atoms with Crippen LogP contribution in [0.3, 0.4) is 0 Å². The van der Waals surface area contributed by atoms with E-state index in [1.165, 1.54) is 0 Å². The molecule has 134 valence electrons. The van der Waals surface area contributed by atoms with Gasteiger partial charge in [-0.15, -0.1) is 0 Å². The fourth-order valence-corrected chi connectivity index (χ4v) is 5.35. The van der Waals surface area contributed by atoms with Crippen LogP contribution in [0.25, 0.3) is 0 Å². The van der Waals surface area contributed by atoms with Crippen LogP contribution in [0.1, 0.15) is 52.4 Å². The molecular formula is C18H26O6. The third kappa shape index (κ3) is 2.30. The molecule has 6 nitrogen and oxygen atoms in total. The maximum Gasteiger partial charge on any atom is 0.310 e. The fraction of sp³-hybridized carbons (Fsp3) is 0.889. The lowest BCUT2D eigenvalue weighted by Gasteiger charge is -2.42. The number of fused-ring (bicyclic) bond motifs is 2. The highest BCUT2D eigenvalue weighted by molar-refractivity contribution is 5.77. The van der Waals surface area contributed by atoms with E-state index in [9.17, 15) is 19.8 Å². The van der Waals surface area contributed by atoms with Gasteiger partial charge in [0.15, 0.2) is 0 Å². The minimum Gasteiger partial charge on any atom is -0.481 e. The highest BCUT2D eigenvalue weighted by Gasteiger charge is 2.61. The van der Waals surface area contributed by atoms with Crippen LogP contribution < -0.4 is 0 Å². The van der Waals surface area contributed by atoms with Gasteiger partial charge < -0.3 is 19.7 Å². The van der Waals surface area contributed by atoms with Gasteiger partial charge in [-0.2, -0.15) is 0 Å². The average molecular weight is 338 g/mol. The first-order valence-electron chi connectivity index (χ1n) is 9.06. The maximum atomic E-state index is 12.1. The average Bonchev–Trinajstić information content (AvgIpc) is 3.39. The van der Waals surface area contributed by atoms with Gasteiger partial charge in [0.05, 0.1) is 35.2 Å². The van der Waals surface area contributed by atoms with E-state index < -0.39 is 22.8 Å². The first kappa shape index (κ1) is 16.3. The van der Waals surface area contributed by atoms with E-state index in [1.54, 1.807) is 0 Å². The zero-order valence-corrected chi connectivity index (χ0v) is 14.2. The molecule has 2 saturated heterocycles. The summed E-state index contributed by atoms with van der Waals surface area (Å²) in [7, 11) is 0. The van der Waals surface area contributed by atoms with Gasteiger partial charge in [0.1, 0.15) is 0 Å². The topological polar surface area (TPSA) is 99.7 Å². The number of carboxylic acids is 2. The van der Waals surface area contributed by atoms with Crippen LogP contribution in [0.15, 0.2) is 0 Å². The molecule has 24 heavy (non-hydrogen) atoms. The number of ether oxygens (including phenoxy) is 2. The fourth-order valence-electron chi connectivity index (χ4n) is 5.35. The summed E-state index contributed by atoms with van der Waals surface area (Å²) in [4.78, 5) is 24.2. The van der Waals surface area contributed by atoms with Crippen LogP contribution in [-0.2, 0) is 19.1 Å². The predicted molar refractivity (Wildman–Crippen MR) is 83.5 cm³/mol. The summed E-state index contributed by atoms with van der Waals surface area (Å²) in [5.74, 6) is -1.58. The molecule has 6 heteroatoms. The Labute approximate surface area is 141 Å². The number of aliphatic carboxylic acids is 2. The quantitative estimate of drug-likeness (QED) is 0.746. The molecule has 0 amide bonds. The number of rotatable bonds is 5. The first-order valence-corrected chi connectivity index (χ1v) is 9.06. The third-order valence-electron chi connectivity index (χ3n) is 7.43. The molecule has 8 atom stereocenters. The summed E-state index contributed by atoms with van der Waals surface area (Å²) >= 11 is 0. The van der Waals surface area contributed by atoms with Gasteiger partial charge in [0, 0.05) is 0 Å². The maximum absolute atomic E-state index is 12.1. The second kappa shape index (κ2) is 5.18. The van der Waals surface area contributed by atoms with E-state index >= 15 is 0 Å². The Morgan fingerprint density at radius 1 is 0.833 bits per heavy atom. The van der Waals surface area contributed by atoms with Gasteiger partial charge in [-0.25, -0.2) is 0 Å². The molecule has 4 aliphatic rings. The Hall–Kier alpha value is -1.14. The molecule has 8 unspecified atom stereocenters. The first-order chi connectivity index (χ1) is 11.3. The molecule has 4 rings (SSSR count). The molecule has 0 spiro atoms. The zero-order valence-electron chi connectivity index (χ0n) is 14.2. The van der Waals surface area contributed by atoms with E-state index in [2.05, 4.69) is 0 Å². The standard InChI is InChI=1S/C18H26O6/c1-9-5-11-13(23-11)7-17(9,15(19)20)3-4-18(16(21)22)8-14-12(24-14)6-10(18)2/h9-14H,3-8H2,1-2H3,(H,19,20)(H,21,22). The summed E-state index contributed by atoms with van der Waals surface area (Å²) in [5.41, 5.74) is -1.72. The summed E-state index contributed by atoms with van der Waals surface area (Å²) in [6, 6.07) is 0. The zero-order chi connectivity index (χ0) is 17.3. The van der Waals surface area contributed by atoms with Gasteiger partial charge in [0.25, 0.3) is 0 Å². The van der Waals surface area contributed by atoms with Crippen molar-refractivity contribution in [3.63, 3.8) is 0 Å². The molecule has 0 aromatic rings. The van der Waals surface area contributed by atoms with Crippen LogP contribution in [0.5, 0.6) is 0 Å². The smallest absolute Gasteiger partial charge is 0.310 e. The third-order valence-corrected chi connectivity index (χ3v) is 7.43. The molecule has 0 radical (unpaired) electrons. The SMILES string of the molecule is CC1CC2OC2CC1(CCC1(C(=O)O)CC2OC2CC1C)C(=O)O. The van der Waals surface area contributed by atoms with Crippen molar-refractivity contribution in [1.82, 2.24) is 0 Å². The number of hydrogen-bond donors (Lipinski definition) is 2. The minimum atomic E-state index is -0.860. The van der Waals surface area contributed by atoms with Crippen molar-refractivity contribution in [2.45, 2.75) is 76.8 Å². The van der Waals surface area contributed by atoms with Crippen LogP contribution in [0, 0.1) is 22.7 Å². The second-order valence-corrected chi connectivity index (χ2v) is 8.53. The molecule has 4 fully saturated rings. The van der Waals surface area contributed by atoms with Crippen LogP contribution >= 0.6 is 0 Å². The Morgan fingerprint density at radius 2 is 1.21 bits per heavy atom. The molecule has 2 aliphatic carbocycles. The number of carbonyl (C=O) groups is 2. The summed E-state index contributed by atoms with van der Waals surface area (Å²) < 4.78 is 11.1. The molecule has 0 bridgehead atoms. The van der Waals surface area contributed by atoms with Crippen molar-refractivity contribution in [1.29, 1.82) is 0 Å². The van der Waals surface area contributed by atoms with E-state index in [0.717, 1.165) is 12.8 Å². The predicted octanol–water partition coefficient (Wildman–Crippen LogP) is 2.30. The molecule has 0 aromatic carbocycles. The Kier molecular flexibility index (Phi) is 3.52. The van der Waals surface area contributed by atoms with Crippen LogP contribution in [0.2, 0.25) is 0 Å². The summed E-state index contributed by atoms with van der Waals surface area (Å²) in [6.45, 7) is 3.95. The van der Waals surface area contributed by atoms with Crippen molar-refractivity contribution in [2.24, 2.45) is 22.7 Å². The normalized spacial score (nSPS) is 52.1. The van der Waals surface area contributed by atoms with Crippen molar-refractivity contribution >= 4 is 11.9 Å². The number of carboxylic acid groups (broad SMARTS) is 2. The summed E-state index contributed by atoms with van der Waals surface area (Å²) in [6.07, 6.45) is 3.91. The van der Waals surface area contributed by atoms with Crippen molar-refractivity contribution in [3.05, 3.63) is 0 Å². The Balaban J connectivity index is 1.56. The van der Waals surface area contributed by atoms with Crippen molar-refractivity contribution in [3.8, 4) is 0 Å². The minimum absolute atomic E-state index is 0.00779. The van der Waals surface area contributed by atoms with Gasteiger partial charge in [-0.1, -0.05) is 13.8 Å². The Morgan fingerprint density at radius 3 is 1.54 bits per heavy atom. The van der Waals surface area contributed by atoms with Crippen molar-refractivity contribution < 1.29 is 29.3 Å². The van der Waals surface area contributed by atoms with Gasteiger partial charge >= 0.3 is 11.9 Å². The number of epoxide rings is 2. The monoisotopic (exact) mass is 338 g/mol. The lowest BCUT2D eigenvalue weighted by Crippen LogP contribution is -2.47. The second-order valence-electron chi connectivity index (χ2n) is 8.53.